The van der Waals surface area contributed by atoms with Gasteiger partial charge in [-0.15, -0.1) is 22.0 Å². The maximum Gasteiger partial charge on any atom is 0.407 e. The van der Waals surface area contributed by atoms with Gasteiger partial charge in [-0.3, -0.25) is 0 Å². The number of rotatable bonds is 5. The van der Waals surface area contributed by atoms with Crippen molar-refractivity contribution in [1.82, 2.24) is 15.5 Å². The third-order valence-corrected chi connectivity index (χ3v) is 4.24. The highest BCUT2D eigenvalue weighted by atomic mass is 35.5. The number of carbonyl (C=O) groups excluding carboxylic acids is 1. The van der Waals surface area contributed by atoms with Crippen molar-refractivity contribution in [2.45, 2.75) is 31.4 Å². The smallest absolute Gasteiger partial charge is 0.407 e. The van der Waals surface area contributed by atoms with Gasteiger partial charge in [0, 0.05) is 22.9 Å². The van der Waals surface area contributed by atoms with Gasteiger partial charge in [0.25, 0.3) is 0 Å². The van der Waals surface area contributed by atoms with Crippen LogP contribution < -0.4 is 11.1 Å². The average Bonchev–Trinajstić information content (AvgIpc) is 2.53. The Bertz CT molecular complexity index is 799. The van der Waals surface area contributed by atoms with Crippen molar-refractivity contribution in [3.63, 3.8) is 0 Å². The van der Waals surface area contributed by atoms with Gasteiger partial charge in [0.05, 0.1) is 11.4 Å². The molecule has 0 bridgehead atoms. The van der Waals surface area contributed by atoms with Gasteiger partial charge in [-0.05, 0) is 45.0 Å². The Balaban J connectivity index is 1.94. The molecule has 0 radical (unpaired) electrons. The standard InChI is InChI=1S/C17H20ClFN4O2S/c1-17(2,3)25-16(24)21-6-7-26-15-13(20)9-14(22-23-15)11-8-10(18)4-5-12(11)19/h4-5,8-9H,6-7H2,1-3H3,(H2,20,22)(H,21,24). The number of hydrogen-bond donors (Lipinski definition) is 2. The van der Waals surface area contributed by atoms with E-state index in [0.29, 0.717) is 33.7 Å². The molecule has 9 heteroatoms. The number of anilines is 1. The molecule has 0 aliphatic carbocycles. The normalized spacial score (nSPS) is 11.3. The number of halogens is 2. The third-order valence-electron chi connectivity index (χ3n) is 3.00. The number of aromatic nitrogens is 2. The van der Waals surface area contributed by atoms with E-state index in [1.807, 2.05) is 0 Å². The van der Waals surface area contributed by atoms with E-state index in [4.69, 9.17) is 22.1 Å². The summed E-state index contributed by atoms with van der Waals surface area (Å²) in [7, 11) is 0. The summed E-state index contributed by atoms with van der Waals surface area (Å²) in [6, 6.07) is 5.74. The lowest BCUT2D eigenvalue weighted by Gasteiger charge is -2.19. The Labute approximate surface area is 160 Å². The molecule has 3 N–H and O–H groups in total. The first kappa shape index (κ1) is 20.3. The lowest BCUT2D eigenvalue weighted by atomic mass is 10.1. The molecule has 2 rings (SSSR count). The van der Waals surface area contributed by atoms with Crippen LogP contribution in [0.2, 0.25) is 5.02 Å². The molecule has 0 unspecified atom stereocenters. The lowest BCUT2D eigenvalue weighted by Crippen LogP contribution is -2.33. The third kappa shape index (κ3) is 6.03. The van der Waals surface area contributed by atoms with E-state index in [-0.39, 0.29) is 5.56 Å². The number of carbonyl (C=O) groups is 1. The van der Waals surface area contributed by atoms with Crippen LogP contribution in [-0.4, -0.2) is 34.2 Å². The van der Waals surface area contributed by atoms with Crippen LogP contribution >= 0.6 is 23.4 Å². The molecule has 1 amide bonds. The number of amides is 1. The number of alkyl carbamates (subject to hydrolysis) is 1. The van der Waals surface area contributed by atoms with E-state index >= 15 is 0 Å². The summed E-state index contributed by atoms with van der Waals surface area (Å²) in [6.45, 7) is 5.76. The topological polar surface area (TPSA) is 90.1 Å². The number of nitrogens with one attached hydrogen (secondary N) is 1. The monoisotopic (exact) mass is 398 g/mol. The Morgan fingerprint density at radius 2 is 2.08 bits per heavy atom. The molecular weight excluding hydrogens is 379 g/mol. The van der Waals surface area contributed by atoms with Gasteiger partial charge in [0.15, 0.2) is 0 Å². The molecular formula is C17H20ClFN4O2S. The summed E-state index contributed by atoms with van der Waals surface area (Å²) >= 11 is 7.22. The summed E-state index contributed by atoms with van der Waals surface area (Å²) in [5.74, 6) is 0.0771. The Morgan fingerprint density at radius 1 is 1.35 bits per heavy atom. The van der Waals surface area contributed by atoms with Gasteiger partial charge < -0.3 is 15.8 Å². The SMILES string of the molecule is CC(C)(C)OC(=O)NCCSc1nnc(-c2cc(Cl)ccc2F)cc1N. The van der Waals surface area contributed by atoms with Gasteiger partial charge in [-0.1, -0.05) is 11.6 Å². The minimum absolute atomic E-state index is 0.236. The van der Waals surface area contributed by atoms with Crippen LogP contribution in [0.25, 0.3) is 11.3 Å². The maximum absolute atomic E-state index is 13.9. The predicted octanol–water partition coefficient (Wildman–Crippen LogP) is 4.14. The van der Waals surface area contributed by atoms with Crippen molar-refractivity contribution in [1.29, 1.82) is 0 Å². The van der Waals surface area contributed by atoms with Crippen molar-refractivity contribution in [3.8, 4) is 11.3 Å². The van der Waals surface area contributed by atoms with Gasteiger partial charge in [-0.25, -0.2) is 9.18 Å². The molecule has 0 spiro atoms. The molecule has 0 atom stereocenters. The summed E-state index contributed by atoms with van der Waals surface area (Å²) in [4.78, 5) is 11.6. The van der Waals surface area contributed by atoms with Crippen LogP contribution in [0.1, 0.15) is 20.8 Å². The van der Waals surface area contributed by atoms with Crippen LogP contribution in [0.3, 0.4) is 0 Å². The van der Waals surface area contributed by atoms with Gasteiger partial charge >= 0.3 is 6.09 Å². The zero-order valence-corrected chi connectivity index (χ0v) is 16.2. The second-order valence-corrected chi connectivity index (χ2v) is 7.91. The Kier molecular flexibility index (Phi) is 6.66. The molecule has 1 heterocycles. The van der Waals surface area contributed by atoms with E-state index in [1.165, 1.54) is 30.0 Å². The lowest BCUT2D eigenvalue weighted by molar-refractivity contribution is 0.0531. The van der Waals surface area contributed by atoms with Crippen LogP contribution in [0, 0.1) is 5.82 Å². The summed E-state index contributed by atoms with van der Waals surface area (Å²) in [5.41, 5.74) is 6.35. The molecule has 0 fully saturated rings. The first-order valence-electron chi connectivity index (χ1n) is 7.84. The van der Waals surface area contributed by atoms with Crippen LogP contribution in [0.15, 0.2) is 29.3 Å². The number of thioether (sulfide) groups is 1. The van der Waals surface area contributed by atoms with Gasteiger partial charge in [-0.2, -0.15) is 0 Å². The second kappa shape index (κ2) is 8.55. The van der Waals surface area contributed by atoms with E-state index in [2.05, 4.69) is 15.5 Å². The Morgan fingerprint density at radius 3 is 2.73 bits per heavy atom. The summed E-state index contributed by atoms with van der Waals surface area (Å²) in [6.07, 6.45) is -0.482. The minimum atomic E-state index is -0.543. The number of benzene rings is 1. The molecule has 0 aliphatic rings. The highest BCUT2D eigenvalue weighted by Crippen LogP contribution is 2.28. The first-order valence-corrected chi connectivity index (χ1v) is 9.20. The van der Waals surface area contributed by atoms with E-state index in [0.717, 1.165) is 0 Å². The quantitative estimate of drug-likeness (QED) is 0.581. The van der Waals surface area contributed by atoms with Crippen LogP contribution in [0.5, 0.6) is 0 Å². The number of nitrogens with two attached hydrogens (primary N) is 1. The van der Waals surface area contributed by atoms with Crippen molar-refractivity contribution >= 4 is 35.1 Å². The van der Waals surface area contributed by atoms with E-state index in [1.54, 1.807) is 26.8 Å². The predicted molar refractivity (Wildman–Crippen MR) is 102 cm³/mol. The van der Waals surface area contributed by atoms with E-state index < -0.39 is 17.5 Å². The molecule has 1 aromatic carbocycles. The van der Waals surface area contributed by atoms with E-state index in [9.17, 15) is 9.18 Å². The first-order chi connectivity index (χ1) is 12.2. The second-order valence-electron chi connectivity index (χ2n) is 6.39. The van der Waals surface area contributed by atoms with Crippen molar-refractivity contribution in [2.24, 2.45) is 0 Å². The Hall–Kier alpha value is -2.06. The highest BCUT2D eigenvalue weighted by molar-refractivity contribution is 7.99. The van der Waals surface area contributed by atoms with Crippen LogP contribution in [-0.2, 0) is 4.74 Å². The number of ether oxygens (including phenoxy) is 1. The number of nitrogens with zero attached hydrogens (tertiary/aromatic N) is 2. The van der Waals surface area contributed by atoms with Crippen LogP contribution in [0.4, 0.5) is 14.9 Å². The fourth-order valence-electron chi connectivity index (χ4n) is 1.95. The van der Waals surface area contributed by atoms with Gasteiger partial charge in [0.2, 0.25) is 0 Å². The molecule has 2 aromatic rings. The highest BCUT2D eigenvalue weighted by Gasteiger charge is 2.16. The summed E-state index contributed by atoms with van der Waals surface area (Å²) < 4.78 is 19.0. The molecule has 0 saturated heterocycles. The molecule has 0 aliphatic heterocycles. The maximum atomic E-state index is 13.9. The zero-order chi connectivity index (χ0) is 19.3. The number of nitrogen functional groups attached to an aromatic ring is 1. The van der Waals surface area contributed by atoms with Crippen molar-refractivity contribution in [3.05, 3.63) is 35.1 Å². The fourth-order valence-corrected chi connectivity index (χ4v) is 2.84. The van der Waals surface area contributed by atoms with Crippen molar-refractivity contribution in [2.75, 3.05) is 18.0 Å². The average molecular weight is 399 g/mol. The zero-order valence-electron chi connectivity index (χ0n) is 14.7. The molecule has 6 nitrogen and oxygen atoms in total. The minimum Gasteiger partial charge on any atom is -0.444 e. The molecule has 140 valence electrons. The van der Waals surface area contributed by atoms with Gasteiger partial charge in [0.1, 0.15) is 16.4 Å². The molecule has 26 heavy (non-hydrogen) atoms. The summed E-state index contributed by atoms with van der Waals surface area (Å²) in [5, 5.41) is 11.6. The molecule has 0 saturated carbocycles. The largest absolute Gasteiger partial charge is 0.444 e. The fraction of sp³-hybridized carbons (Fsp3) is 0.353. The molecule has 1 aromatic heterocycles. The number of hydrogen-bond acceptors (Lipinski definition) is 6. The van der Waals surface area contributed by atoms with Crippen molar-refractivity contribution < 1.29 is 13.9 Å².